The molecule has 0 aliphatic carbocycles. The largest absolute Gasteiger partial charge is 0.349 e. The van der Waals surface area contributed by atoms with Crippen LogP contribution in [0.5, 0.6) is 0 Å². The molecule has 0 spiro atoms. The van der Waals surface area contributed by atoms with Gasteiger partial charge in [-0.25, -0.2) is 0 Å². The summed E-state index contributed by atoms with van der Waals surface area (Å²) < 4.78 is 2.12. The number of aromatic nitrogens is 1. The Labute approximate surface area is 87.7 Å². The number of nitrogens with one attached hydrogen (secondary N) is 1. The second kappa shape index (κ2) is 2.86. The summed E-state index contributed by atoms with van der Waals surface area (Å²) in [6.45, 7) is 2.83. The predicted octanol–water partition coefficient (Wildman–Crippen LogP) is 1.95. The van der Waals surface area contributed by atoms with Crippen molar-refractivity contribution in [3.8, 4) is 0 Å². The average molecular weight is 200 g/mol. The molecule has 0 radical (unpaired) electrons. The summed E-state index contributed by atoms with van der Waals surface area (Å²) in [7, 11) is 0. The van der Waals surface area contributed by atoms with Gasteiger partial charge in [0, 0.05) is 23.5 Å². The Morgan fingerprint density at radius 3 is 3.07 bits per heavy atom. The molecule has 1 aliphatic rings. The molecular formula is C12H12N2O. The Bertz CT molecular complexity index is 542. The van der Waals surface area contributed by atoms with Crippen LogP contribution in [-0.2, 0) is 0 Å². The summed E-state index contributed by atoms with van der Waals surface area (Å²) in [6, 6.07) is 10.4. The second-order valence-electron chi connectivity index (χ2n) is 4.02. The van der Waals surface area contributed by atoms with Crippen LogP contribution < -0.4 is 5.32 Å². The van der Waals surface area contributed by atoms with Crippen LogP contribution in [0.3, 0.4) is 0 Å². The third kappa shape index (κ3) is 1.09. The standard InChI is InChI=1S/C12H12N2O/c1-8-7-13-12(15)11-6-9-4-2-3-5-10(9)14(8)11/h2-6,8H,7H2,1H3,(H,13,15). The summed E-state index contributed by atoms with van der Waals surface area (Å²) in [4.78, 5) is 11.7. The maximum absolute atomic E-state index is 11.7. The smallest absolute Gasteiger partial charge is 0.268 e. The molecule has 2 heterocycles. The molecule has 0 bridgehead atoms. The van der Waals surface area contributed by atoms with Crippen LogP contribution in [-0.4, -0.2) is 17.0 Å². The lowest BCUT2D eigenvalue weighted by Gasteiger charge is -2.23. The minimum absolute atomic E-state index is 0.0318. The summed E-state index contributed by atoms with van der Waals surface area (Å²) in [6.07, 6.45) is 0. The second-order valence-corrected chi connectivity index (χ2v) is 4.02. The molecule has 1 N–H and O–H groups in total. The monoisotopic (exact) mass is 200 g/mol. The molecule has 3 nitrogen and oxygen atoms in total. The molecule has 3 heteroatoms. The molecule has 1 aromatic heterocycles. The van der Waals surface area contributed by atoms with Gasteiger partial charge in [0.2, 0.25) is 0 Å². The first-order chi connectivity index (χ1) is 7.27. The maximum Gasteiger partial charge on any atom is 0.268 e. The van der Waals surface area contributed by atoms with Crippen LogP contribution in [0.15, 0.2) is 30.3 Å². The van der Waals surface area contributed by atoms with E-state index in [2.05, 4.69) is 22.9 Å². The van der Waals surface area contributed by atoms with E-state index in [0.717, 1.165) is 16.6 Å². The van der Waals surface area contributed by atoms with Crippen LogP contribution in [0.1, 0.15) is 23.5 Å². The molecule has 0 saturated heterocycles. The maximum atomic E-state index is 11.7. The summed E-state index contributed by atoms with van der Waals surface area (Å²) in [5, 5.41) is 4.02. The van der Waals surface area contributed by atoms with Gasteiger partial charge in [0.25, 0.3) is 5.91 Å². The summed E-state index contributed by atoms with van der Waals surface area (Å²) in [5.41, 5.74) is 1.92. The van der Waals surface area contributed by atoms with Crippen LogP contribution in [0.2, 0.25) is 0 Å². The normalized spacial score (nSPS) is 20.1. The molecule has 1 unspecified atom stereocenters. The Morgan fingerprint density at radius 2 is 2.20 bits per heavy atom. The van der Waals surface area contributed by atoms with Gasteiger partial charge in [0.05, 0.1) is 0 Å². The highest BCUT2D eigenvalue weighted by atomic mass is 16.2. The van der Waals surface area contributed by atoms with E-state index in [1.165, 1.54) is 0 Å². The number of fused-ring (bicyclic) bond motifs is 3. The predicted molar refractivity (Wildman–Crippen MR) is 59.0 cm³/mol. The zero-order valence-corrected chi connectivity index (χ0v) is 8.53. The minimum atomic E-state index is 0.0318. The minimum Gasteiger partial charge on any atom is -0.349 e. The summed E-state index contributed by atoms with van der Waals surface area (Å²) in [5.74, 6) is 0.0318. The van der Waals surface area contributed by atoms with Crippen molar-refractivity contribution in [2.24, 2.45) is 0 Å². The Hall–Kier alpha value is -1.77. The Kier molecular flexibility index (Phi) is 1.63. The van der Waals surface area contributed by atoms with E-state index >= 15 is 0 Å². The van der Waals surface area contributed by atoms with Gasteiger partial charge in [-0.3, -0.25) is 4.79 Å². The highest BCUT2D eigenvalue weighted by Gasteiger charge is 2.23. The van der Waals surface area contributed by atoms with Gasteiger partial charge >= 0.3 is 0 Å². The van der Waals surface area contributed by atoms with E-state index in [-0.39, 0.29) is 5.91 Å². The molecule has 1 aromatic carbocycles. The first-order valence-corrected chi connectivity index (χ1v) is 5.15. The third-order valence-electron chi connectivity index (χ3n) is 2.98. The number of benzene rings is 1. The molecule has 0 saturated carbocycles. The molecule has 2 aromatic rings. The Balaban J connectivity index is 2.38. The van der Waals surface area contributed by atoms with Crippen molar-refractivity contribution >= 4 is 16.8 Å². The van der Waals surface area contributed by atoms with Gasteiger partial charge in [-0.1, -0.05) is 18.2 Å². The molecule has 76 valence electrons. The van der Waals surface area contributed by atoms with Crippen molar-refractivity contribution < 1.29 is 4.79 Å². The van der Waals surface area contributed by atoms with Gasteiger partial charge in [-0.05, 0) is 19.1 Å². The van der Waals surface area contributed by atoms with Crippen LogP contribution in [0.25, 0.3) is 10.9 Å². The SMILES string of the molecule is CC1CNC(=O)c2cc3ccccc3n21. The molecule has 3 rings (SSSR count). The molecule has 15 heavy (non-hydrogen) atoms. The van der Waals surface area contributed by atoms with Crippen molar-refractivity contribution in [1.82, 2.24) is 9.88 Å². The fourth-order valence-electron chi connectivity index (χ4n) is 2.25. The Morgan fingerprint density at radius 1 is 1.40 bits per heavy atom. The lowest BCUT2D eigenvalue weighted by molar-refractivity contribution is 0.0919. The van der Waals surface area contributed by atoms with Gasteiger partial charge in [-0.15, -0.1) is 0 Å². The number of hydrogen-bond donors (Lipinski definition) is 1. The lowest BCUT2D eigenvalue weighted by Crippen LogP contribution is -2.37. The van der Waals surface area contributed by atoms with E-state index in [4.69, 9.17) is 0 Å². The molecule has 1 amide bonds. The first kappa shape index (κ1) is 8.53. The number of carbonyl (C=O) groups excluding carboxylic acids is 1. The van der Waals surface area contributed by atoms with Gasteiger partial charge < -0.3 is 9.88 Å². The van der Waals surface area contributed by atoms with Crippen molar-refractivity contribution in [2.45, 2.75) is 13.0 Å². The van der Waals surface area contributed by atoms with Crippen LogP contribution in [0, 0.1) is 0 Å². The van der Waals surface area contributed by atoms with E-state index in [9.17, 15) is 4.79 Å². The van der Waals surface area contributed by atoms with Crippen molar-refractivity contribution in [3.05, 3.63) is 36.0 Å². The van der Waals surface area contributed by atoms with Crippen molar-refractivity contribution in [2.75, 3.05) is 6.54 Å². The number of amides is 1. The highest BCUT2D eigenvalue weighted by Crippen LogP contribution is 2.25. The summed E-state index contributed by atoms with van der Waals surface area (Å²) >= 11 is 0. The average Bonchev–Trinajstić information content (AvgIpc) is 2.64. The molecule has 0 fully saturated rings. The van der Waals surface area contributed by atoms with E-state index in [1.807, 2.05) is 24.3 Å². The van der Waals surface area contributed by atoms with E-state index in [0.29, 0.717) is 12.6 Å². The van der Waals surface area contributed by atoms with Gasteiger partial charge in [0.1, 0.15) is 5.69 Å². The van der Waals surface area contributed by atoms with E-state index in [1.54, 1.807) is 0 Å². The fourth-order valence-corrected chi connectivity index (χ4v) is 2.25. The van der Waals surface area contributed by atoms with Gasteiger partial charge in [-0.2, -0.15) is 0 Å². The number of carbonyl (C=O) groups is 1. The topological polar surface area (TPSA) is 34.0 Å². The van der Waals surface area contributed by atoms with Gasteiger partial charge in [0.15, 0.2) is 0 Å². The first-order valence-electron chi connectivity index (χ1n) is 5.15. The fraction of sp³-hybridized carbons (Fsp3) is 0.250. The number of para-hydroxylation sites is 1. The highest BCUT2D eigenvalue weighted by molar-refractivity contribution is 5.99. The number of hydrogen-bond acceptors (Lipinski definition) is 1. The van der Waals surface area contributed by atoms with Crippen molar-refractivity contribution in [3.63, 3.8) is 0 Å². The molecule has 1 atom stereocenters. The van der Waals surface area contributed by atoms with Crippen LogP contribution >= 0.6 is 0 Å². The zero-order valence-electron chi connectivity index (χ0n) is 8.53. The van der Waals surface area contributed by atoms with E-state index < -0.39 is 0 Å². The zero-order chi connectivity index (χ0) is 10.4. The lowest BCUT2D eigenvalue weighted by atomic mass is 10.2. The van der Waals surface area contributed by atoms with Crippen molar-refractivity contribution in [1.29, 1.82) is 0 Å². The quantitative estimate of drug-likeness (QED) is 0.693. The molecule has 1 aliphatic heterocycles. The van der Waals surface area contributed by atoms with Crippen LogP contribution in [0.4, 0.5) is 0 Å². The number of nitrogens with zero attached hydrogens (tertiary/aromatic N) is 1. The molecular weight excluding hydrogens is 188 g/mol. The third-order valence-corrected chi connectivity index (χ3v) is 2.98. The number of rotatable bonds is 0.